The molecule has 1 fully saturated rings. The Hall–Kier alpha value is -0.290. The van der Waals surface area contributed by atoms with Crippen molar-refractivity contribution in [1.82, 2.24) is 4.90 Å². The number of piperidine rings is 1. The van der Waals surface area contributed by atoms with Crippen molar-refractivity contribution >= 4 is 22.0 Å². The molecule has 0 bridgehead atoms. The summed E-state index contributed by atoms with van der Waals surface area (Å²) in [6.07, 6.45) is 0.0197. The summed E-state index contributed by atoms with van der Waals surface area (Å²) in [6, 6.07) is 0. The van der Waals surface area contributed by atoms with Crippen LogP contribution in [0.5, 0.6) is 0 Å². The Kier molecular flexibility index (Phi) is 4.62. The molecule has 2 atom stereocenters. The summed E-state index contributed by atoms with van der Waals surface area (Å²) >= 11 is 3.36. The smallest absolute Gasteiger partial charge is 0.410 e. The van der Waals surface area contributed by atoms with Crippen molar-refractivity contribution in [3.05, 3.63) is 0 Å². The molecule has 1 amide bonds. The molecule has 1 rings (SSSR count). The molecular weight excluding hydrogens is 274 g/mol. The predicted octanol–water partition coefficient (Wildman–Crippen LogP) is 2.00. The minimum atomic E-state index is -0.478. The number of aliphatic hydroxyl groups excluding tert-OH is 1. The standard InChI is InChI=1S/C11H20BrNO3/c1-11(2,3)16-10(15)13-5-4-8(6-12)9(14)7-13/h8-9,14H,4-7H2,1-3H3. The van der Waals surface area contributed by atoms with Crippen LogP contribution in [0.2, 0.25) is 0 Å². The van der Waals surface area contributed by atoms with Crippen LogP contribution in [0.1, 0.15) is 27.2 Å². The Morgan fingerprint density at radius 2 is 2.19 bits per heavy atom. The number of amides is 1. The van der Waals surface area contributed by atoms with Crippen LogP contribution in [0.4, 0.5) is 4.79 Å². The first-order valence-electron chi connectivity index (χ1n) is 5.55. The first-order valence-corrected chi connectivity index (χ1v) is 6.67. The molecule has 1 aliphatic rings. The number of nitrogens with zero attached hydrogens (tertiary/aromatic N) is 1. The third-order valence-electron chi connectivity index (χ3n) is 2.57. The lowest BCUT2D eigenvalue weighted by molar-refractivity contribution is -0.00856. The van der Waals surface area contributed by atoms with Crippen molar-refractivity contribution in [2.24, 2.45) is 5.92 Å². The summed E-state index contributed by atoms with van der Waals surface area (Å²) < 4.78 is 5.26. The van der Waals surface area contributed by atoms with Gasteiger partial charge in [-0.25, -0.2) is 4.79 Å². The second-order valence-corrected chi connectivity index (χ2v) is 5.84. The molecule has 1 aliphatic heterocycles. The molecule has 5 heteroatoms. The molecule has 0 aromatic heterocycles. The van der Waals surface area contributed by atoms with Crippen molar-refractivity contribution in [2.75, 3.05) is 18.4 Å². The topological polar surface area (TPSA) is 49.8 Å². The lowest BCUT2D eigenvalue weighted by atomic mass is 9.96. The van der Waals surface area contributed by atoms with Gasteiger partial charge in [-0.15, -0.1) is 0 Å². The van der Waals surface area contributed by atoms with Gasteiger partial charge in [0.25, 0.3) is 0 Å². The van der Waals surface area contributed by atoms with Crippen LogP contribution >= 0.6 is 15.9 Å². The van der Waals surface area contributed by atoms with Gasteiger partial charge in [0.15, 0.2) is 0 Å². The van der Waals surface area contributed by atoms with E-state index in [0.29, 0.717) is 13.1 Å². The minimum absolute atomic E-state index is 0.235. The predicted molar refractivity (Wildman–Crippen MR) is 65.7 cm³/mol. The summed E-state index contributed by atoms with van der Waals surface area (Å²) in [6.45, 7) is 6.54. The lowest BCUT2D eigenvalue weighted by Crippen LogP contribution is -2.48. The largest absolute Gasteiger partial charge is 0.444 e. The summed E-state index contributed by atoms with van der Waals surface area (Å²) in [5.74, 6) is 0.235. The van der Waals surface area contributed by atoms with Gasteiger partial charge in [0.05, 0.1) is 12.6 Å². The zero-order valence-corrected chi connectivity index (χ0v) is 11.7. The molecule has 94 valence electrons. The van der Waals surface area contributed by atoms with Gasteiger partial charge in [-0.2, -0.15) is 0 Å². The van der Waals surface area contributed by atoms with Crippen LogP contribution in [-0.4, -0.2) is 46.2 Å². The summed E-state index contributed by atoms with van der Waals surface area (Å²) in [5.41, 5.74) is -0.478. The Balaban J connectivity index is 2.48. The third-order valence-corrected chi connectivity index (χ3v) is 3.40. The number of halogens is 1. The zero-order valence-electron chi connectivity index (χ0n) is 10.1. The molecule has 0 aliphatic carbocycles. The van der Waals surface area contributed by atoms with Crippen LogP contribution in [0.25, 0.3) is 0 Å². The molecule has 4 nitrogen and oxygen atoms in total. The Morgan fingerprint density at radius 3 is 2.62 bits per heavy atom. The number of aliphatic hydroxyl groups is 1. The molecule has 1 saturated heterocycles. The number of alkyl halides is 1. The minimum Gasteiger partial charge on any atom is -0.444 e. The maximum atomic E-state index is 11.7. The fraction of sp³-hybridized carbons (Fsp3) is 0.909. The third kappa shape index (κ3) is 3.94. The number of carbonyl (C=O) groups excluding carboxylic acids is 1. The van der Waals surface area contributed by atoms with E-state index in [1.54, 1.807) is 4.90 Å². The number of hydrogen-bond acceptors (Lipinski definition) is 3. The van der Waals surface area contributed by atoms with Gasteiger partial charge < -0.3 is 14.7 Å². The first kappa shape index (κ1) is 13.8. The maximum absolute atomic E-state index is 11.7. The monoisotopic (exact) mass is 293 g/mol. The number of likely N-dealkylation sites (tertiary alicyclic amines) is 1. The van der Waals surface area contributed by atoms with E-state index in [1.165, 1.54) is 0 Å². The van der Waals surface area contributed by atoms with Gasteiger partial charge in [0.1, 0.15) is 5.60 Å². The van der Waals surface area contributed by atoms with E-state index in [-0.39, 0.29) is 12.0 Å². The second-order valence-electron chi connectivity index (χ2n) is 5.20. The van der Waals surface area contributed by atoms with Gasteiger partial charge in [-0.3, -0.25) is 0 Å². The maximum Gasteiger partial charge on any atom is 0.410 e. The normalized spacial score (nSPS) is 26.7. The van der Waals surface area contributed by atoms with Gasteiger partial charge in [0.2, 0.25) is 0 Å². The number of rotatable bonds is 1. The molecule has 0 aromatic carbocycles. The number of β-amino-alcohol motifs (C(OH)–C–C–N with tert-alkyl or cyclic N) is 1. The highest BCUT2D eigenvalue weighted by Crippen LogP contribution is 2.21. The average Bonchev–Trinajstić information content (AvgIpc) is 2.15. The van der Waals surface area contributed by atoms with Gasteiger partial charge >= 0.3 is 6.09 Å². The van der Waals surface area contributed by atoms with Crippen LogP contribution in [0.3, 0.4) is 0 Å². The van der Waals surface area contributed by atoms with E-state index in [2.05, 4.69) is 15.9 Å². The van der Waals surface area contributed by atoms with E-state index in [0.717, 1.165) is 11.8 Å². The molecule has 1 N–H and O–H groups in total. The fourth-order valence-electron chi connectivity index (χ4n) is 1.65. The van der Waals surface area contributed by atoms with E-state index in [1.807, 2.05) is 20.8 Å². The fourth-order valence-corrected chi connectivity index (χ4v) is 2.41. The number of ether oxygens (including phenoxy) is 1. The van der Waals surface area contributed by atoms with Crippen molar-refractivity contribution in [2.45, 2.75) is 38.9 Å². The van der Waals surface area contributed by atoms with Gasteiger partial charge in [0, 0.05) is 11.9 Å². The van der Waals surface area contributed by atoms with Gasteiger partial charge in [-0.1, -0.05) is 15.9 Å². The van der Waals surface area contributed by atoms with E-state index < -0.39 is 11.7 Å². The molecular formula is C11H20BrNO3. The molecule has 0 aromatic rings. The SMILES string of the molecule is CC(C)(C)OC(=O)N1CCC(CBr)C(O)C1. The Morgan fingerprint density at radius 1 is 1.56 bits per heavy atom. The number of hydrogen-bond donors (Lipinski definition) is 1. The molecule has 1 heterocycles. The van der Waals surface area contributed by atoms with Crippen molar-refractivity contribution in [3.8, 4) is 0 Å². The first-order chi connectivity index (χ1) is 7.33. The highest BCUT2D eigenvalue weighted by molar-refractivity contribution is 9.09. The highest BCUT2D eigenvalue weighted by atomic mass is 79.9. The van der Waals surface area contributed by atoms with Crippen molar-refractivity contribution < 1.29 is 14.6 Å². The lowest BCUT2D eigenvalue weighted by Gasteiger charge is -2.36. The number of carbonyl (C=O) groups is 1. The van der Waals surface area contributed by atoms with E-state index in [4.69, 9.17) is 4.74 Å². The second kappa shape index (κ2) is 5.36. The summed E-state index contributed by atoms with van der Waals surface area (Å²) in [4.78, 5) is 13.3. The van der Waals surface area contributed by atoms with Crippen LogP contribution in [-0.2, 0) is 4.74 Å². The Bertz CT molecular complexity index is 252. The quantitative estimate of drug-likeness (QED) is 0.753. The molecule has 0 saturated carbocycles. The average molecular weight is 294 g/mol. The van der Waals surface area contributed by atoms with E-state index >= 15 is 0 Å². The van der Waals surface area contributed by atoms with Crippen LogP contribution < -0.4 is 0 Å². The summed E-state index contributed by atoms with van der Waals surface area (Å²) in [5, 5.41) is 10.6. The molecule has 0 radical (unpaired) electrons. The molecule has 0 spiro atoms. The Labute approximate surface area is 105 Å². The highest BCUT2D eigenvalue weighted by Gasteiger charge is 2.31. The van der Waals surface area contributed by atoms with Crippen molar-refractivity contribution in [1.29, 1.82) is 0 Å². The molecule has 2 unspecified atom stereocenters. The van der Waals surface area contributed by atoms with Crippen molar-refractivity contribution in [3.63, 3.8) is 0 Å². The zero-order chi connectivity index (χ0) is 12.3. The van der Waals surface area contributed by atoms with E-state index in [9.17, 15) is 9.90 Å². The molecule has 16 heavy (non-hydrogen) atoms. The summed E-state index contributed by atoms with van der Waals surface area (Å²) in [7, 11) is 0. The van der Waals surface area contributed by atoms with Crippen LogP contribution in [0.15, 0.2) is 0 Å². The van der Waals surface area contributed by atoms with Gasteiger partial charge in [-0.05, 0) is 33.1 Å². The van der Waals surface area contributed by atoms with Crippen LogP contribution in [0, 0.1) is 5.92 Å².